The molecule has 1 rings (SSSR count). The van der Waals surface area contributed by atoms with E-state index in [1.165, 1.54) is 0 Å². The van der Waals surface area contributed by atoms with E-state index in [4.69, 9.17) is 4.74 Å². The van der Waals surface area contributed by atoms with Gasteiger partial charge in [0.15, 0.2) is 0 Å². The largest absolute Gasteiger partial charge is 0.493 e. The molecule has 64 valence electrons. The predicted molar refractivity (Wildman–Crippen MR) is 44.2 cm³/mol. The smallest absolute Gasteiger partial charge is 0.124 e. The third-order valence-electron chi connectivity index (χ3n) is 2.07. The molecule has 0 aromatic heterocycles. The summed E-state index contributed by atoms with van der Waals surface area (Å²) in [5, 5.41) is 9.45. The summed E-state index contributed by atoms with van der Waals surface area (Å²) in [4.78, 5) is 0. The monoisotopic (exact) mass is 156 g/mol. The van der Waals surface area contributed by atoms with Gasteiger partial charge >= 0.3 is 0 Å². The number of allylic oxidation sites excluding steroid dienone is 2. The number of rotatable bonds is 2. The standard InChI is InChI=1S/C9H16O2/c1-3-8(10)9-6-4-5-7(2)11-9/h5,8-10H,3-4,6H2,1-2H3/t8-,9+/m0/s1. The molecule has 0 aromatic carbocycles. The van der Waals surface area contributed by atoms with Crippen LogP contribution < -0.4 is 0 Å². The normalized spacial score (nSPS) is 27.2. The Kier molecular flexibility index (Phi) is 2.94. The minimum atomic E-state index is -0.293. The molecule has 0 unspecified atom stereocenters. The Morgan fingerprint density at radius 2 is 2.55 bits per heavy atom. The predicted octanol–water partition coefficient (Wildman–Crippen LogP) is 1.84. The fraction of sp³-hybridized carbons (Fsp3) is 0.778. The van der Waals surface area contributed by atoms with Crippen molar-refractivity contribution >= 4 is 0 Å². The van der Waals surface area contributed by atoms with E-state index in [-0.39, 0.29) is 12.2 Å². The molecule has 0 radical (unpaired) electrons. The zero-order valence-corrected chi connectivity index (χ0v) is 7.21. The van der Waals surface area contributed by atoms with E-state index in [9.17, 15) is 5.11 Å². The highest BCUT2D eigenvalue weighted by Crippen LogP contribution is 2.19. The lowest BCUT2D eigenvalue weighted by Gasteiger charge is -2.26. The number of ether oxygens (including phenoxy) is 1. The molecule has 0 bridgehead atoms. The van der Waals surface area contributed by atoms with Crippen molar-refractivity contribution in [1.82, 2.24) is 0 Å². The average molecular weight is 156 g/mol. The van der Waals surface area contributed by atoms with Crippen LogP contribution in [-0.4, -0.2) is 17.3 Å². The molecule has 1 heterocycles. The van der Waals surface area contributed by atoms with E-state index >= 15 is 0 Å². The Morgan fingerprint density at radius 1 is 1.82 bits per heavy atom. The van der Waals surface area contributed by atoms with E-state index in [0.29, 0.717) is 0 Å². The van der Waals surface area contributed by atoms with E-state index in [1.54, 1.807) is 0 Å². The first-order chi connectivity index (χ1) is 5.24. The van der Waals surface area contributed by atoms with Crippen LogP contribution in [0.15, 0.2) is 11.8 Å². The maximum atomic E-state index is 9.45. The quantitative estimate of drug-likeness (QED) is 0.661. The van der Waals surface area contributed by atoms with Crippen LogP contribution in [0, 0.1) is 0 Å². The van der Waals surface area contributed by atoms with Crippen LogP contribution in [0.2, 0.25) is 0 Å². The number of aliphatic hydroxyl groups is 1. The van der Waals surface area contributed by atoms with E-state index in [1.807, 2.05) is 13.8 Å². The van der Waals surface area contributed by atoms with Gasteiger partial charge in [0.1, 0.15) is 6.10 Å². The Bertz CT molecular complexity index is 152. The van der Waals surface area contributed by atoms with E-state index < -0.39 is 0 Å². The lowest BCUT2D eigenvalue weighted by Crippen LogP contribution is -2.29. The lowest BCUT2D eigenvalue weighted by atomic mass is 10.0. The van der Waals surface area contributed by atoms with Crippen LogP contribution >= 0.6 is 0 Å². The first-order valence-corrected chi connectivity index (χ1v) is 4.25. The van der Waals surface area contributed by atoms with Crippen molar-refractivity contribution in [3.63, 3.8) is 0 Å². The van der Waals surface area contributed by atoms with Crippen molar-refractivity contribution in [2.24, 2.45) is 0 Å². The van der Waals surface area contributed by atoms with Gasteiger partial charge in [-0.1, -0.05) is 6.92 Å². The maximum Gasteiger partial charge on any atom is 0.124 e. The molecule has 1 aliphatic rings. The molecule has 11 heavy (non-hydrogen) atoms. The molecule has 0 aliphatic carbocycles. The highest BCUT2D eigenvalue weighted by molar-refractivity contribution is 4.95. The zero-order valence-electron chi connectivity index (χ0n) is 7.21. The first kappa shape index (κ1) is 8.60. The fourth-order valence-corrected chi connectivity index (χ4v) is 1.33. The molecule has 0 amide bonds. The minimum absolute atomic E-state index is 0.0324. The van der Waals surface area contributed by atoms with E-state index in [2.05, 4.69) is 6.08 Å². The summed E-state index contributed by atoms with van der Waals surface area (Å²) >= 11 is 0. The third kappa shape index (κ3) is 2.22. The SMILES string of the molecule is CC[C@H](O)[C@H]1CCC=C(C)O1. The zero-order chi connectivity index (χ0) is 8.27. The van der Waals surface area contributed by atoms with E-state index in [0.717, 1.165) is 25.0 Å². The van der Waals surface area contributed by atoms with Crippen molar-refractivity contribution in [2.45, 2.75) is 45.3 Å². The van der Waals surface area contributed by atoms with Crippen LogP contribution in [-0.2, 0) is 4.74 Å². The van der Waals surface area contributed by atoms with Crippen LogP contribution in [0.25, 0.3) is 0 Å². The van der Waals surface area contributed by atoms with Crippen molar-refractivity contribution in [3.8, 4) is 0 Å². The molecule has 0 saturated carbocycles. The Hall–Kier alpha value is -0.500. The Balaban J connectivity index is 2.43. The summed E-state index contributed by atoms with van der Waals surface area (Å²) in [5.41, 5.74) is 0. The molecule has 2 atom stereocenters. The summed E-state index contributed by atoms with van der Waals surface area (Å²) < 4.78 is 5.45. The molecule has 0 saturated heterocycles. The summed E-state index contributed by atoms with van der Waals surface area (Å²) in [6.07, 6.45) is 4.57. The van der Waals surface area contributed by atoms with Gasteiger partial charge in [-0.3, -0.25) is 0 Å². The molecule has 1 N–H and O–H groups in total. The average Bonchev–Trinajstić information content (AvgIpc) is 2.03. The number of aliphatic hydroxyl groups excluding tert-OH is 1. The highest BCUT2D eigenvalue weighted by Gasteiger charge is 2.20. The molecular weight excluding hydrogens is 140 g/mol. The van der Waals surface area contributed by atoms with Gasteiger partial charge in [0.2, 0.25) is 0 Å². The van der Waals surface area contributed by atoms with Crippen LogP contribution in [0.1, 0.15) is 33.1 Å². The van der Waals surface area contributed by atoms with Crippen LogP contribution in [0.3, 0.4) is 0 Å². The molecule has 0 spiro atoms. The fourth-order valence-electron chi connectivity index (χ4n) is 1.33. The second-order valence-corrected chi connectivity index (χ2v) is 3.02. The summed E-state index contributed by atoms with van der Waals surface area (Å²) in [6, 6.07) is 0. The minimum Gasteiger partial charge on any atom is -0.493 e. The number of hydrogen-bond donors (Lipinski definition) is 1. The van der Waals surface area contributed by atoms with Crippen LogP contribution in [0.4, 0.5) is 0 Å². The van der Waals surface area contributed by atoms with Crippen molar-refractivity contribution in [2.75, 3.05) is 0 Å². The Morgan fingerprint density at radius 3 is 3.09 bits per heavy atom. The second kappa shape index (κ2) is 3.77. The van der Waals surface area contributed by atoms with Gasteiger partial charge in [-0.25, -0.2) is 0 Å². The Labute approximate surface area is 67.9 Å². The number of hydrogen-bond acceptors (Lipinski definition) is 2. The van der Waals surface area contributed by atoms with Crippen molar-refractivity contribution in [3.05, 3.63) is 11.8 Å². The topological polar surface area (TPSA) is 29.5 Å². The van der Waals surface area contributed by atoms with Gasteiger partial charge in [-0.05, 0) is 32.3 Å². The molecule has 1 aliphatic heterocycles. The van der Waals surface area contributed by atoms with Gasteiger partial charge in [0.05, 0.1) is 11.9 Å². The molecular formula is C9H16O2. The summed E-state index contributed by atoms with van der Waals surface area (Å²) in [5.74, 6) is 0.953. The summed E-state index contributed by atoms with van der Waals surface area (Å²) in [7, 11) is 0. The van der Waals surface area contributed by atoms with Crippen molar-refractivity contribution in [1.29, 1.82) is 0 Å². The maximum absolute atomic E-state index is 9.45. The molecule has 0 fully saturated rings. The van der Waals surface area contributed by atoms with Crippen molar-refractivity contribution < 1.29 is 9.84 Å². The van der Waals surface area contributed by atoms with Gasteiger partial charge in [0, 0.05) is 0 Å². The lowest BCUT2D eigenvalue weighted by molar-refractivity contribution is -0.0161. The molecule has 2 heteroatoms. The highest BCUT2D eigenvalue weighted by atomic mass is 16.5. The van der Waals surface area contributed by atoms with Crippen LogP contribution in [0.5, 0.6) is 0 Å². The molecule has 0 aromatic rings. The van der Waals surface area contributed by atoms with Gasteiger partial charge in [-0.15, -0.1) is 0 Å². The second-order valence-electron chi connectivity index (χ2n) is 3.02. The third-order valence-corrected chi connectivity index (χ3v) is 2.07. The van der Waals surface area contributed by atoms with Gasteiger partial charge in [-0.2, -0.15) is 0 Å². The van der Waals surface area contributed by atoms with Gasteiger partial charge < -0.3 is 9.84 Å². The molecule has 2 nitrogen and oxygen atoms in total. The van der Waals surface area contributed by atoms with Gasteiger partial charge in [0.25, 0.3) is 0 Å². The summed E-state index contributed by atoms with van der Waals surface area (Å²) in [6.45, 7) is 3.91. The first-order valence-electron chi connectivity index (χ1n) is 4.25.